The van der Waals surface area contributed by atoms with Crippen LogP contribution in [0, 0.1) is 6.92 Å². The number of nitrogens with zero attached hydrogens (tertiary/aromatic N) is 3. The fraction of sp³-hybridized carbons (Fsp3) is 0.250. The number of aryl methyl sites for hydroxylation is 2. The second-order valence-corrected chi connectivity index (χ2v) is 2.68. The van der Waals surface area contributed by atoms with Gasteiger partial charge in [0.15, 0.2) is 0 Å². The number of hydrogen-bond acceptors (Lipinski definition) is 1. The summed E-state index contributed by atoms with van der Waals surface area (Å²) in [5.41, 5.74) is 2.20. The first kappa shape index (κ1) is 6.34. The van der Waals surface area contributed by atoms with Crippen molar-refractivity contribution in [3.8, 4) is 0 Å². The summed E-state index contributed by atoms with van der Waals surface area (Å²) in [4.78, 5) is 0. The Labute approximate surface area is 64.9 Å². The van der Waals surface area contributed by atoms with E-state index < -0.39 is 0 Å². The van der Waals surface area contributed by atoms with Crippen molar-refractivity contribution in [2.45, 2.75) is 6.92 Å². The first-order valence-corrected chi connectivity index (χ1v) is 3.58. The van der Waals surface area contributed by atoms with Gasteiger partial charge in [0.2, 0.25) is 6.33 Å². The molecule has 0 atom stereocenters. The van der Waals surface area contributed by atoms with Crippen molar-refractivity contribution >= 4 is 5.65 Å². The lowest BCUT2D eigenvalue weighted by Crippen LogP contribution is -2.22. The summed E-state index contributed by atoms with van der Waals surface area (Å²) < 4.78 is 3.86. The Morgan fingerprint density at radius 2 is 2.27 bits per heavy atom. The summed E-state index contributed by atoms with van der Waals surface area (Å²) in [5, 5.41) is 4.25. The highest BCUT2D eigenvalue weighted by Gasteiger charge is 2.05. The van der Waals surface area contributed by atoms with E-state index in [4.69, 9.17) is 0 Å². The Balaban J connectivity index is 2.90. The van der Waals surface area contributed by atoms with Gasteiger partial charge in [0.25, 0.3) is 0 Å². The van der Waals surface area contributed by atoms with E-state index >= 15 is 0 Å². The lowest BCUT2D eigenvalue weighted by Gasteiger charge is -1.87. The third kappa shape index (κ3) is 0.888. The van der Waals surface area contributed by atoms with Crippen molar-refractivity contribution in [3.63, 3.8) is 0 Å². The fourth-order valence-electron chi connectivity index (χ4n) is 1.20. The molecule has 56 valence electrons. The predicted octanol–water partition coefficient (Wildman–Crippen LogP) is 0.467. The van der Waals surface area contributed by atoms with E-state index in [1.165, 1.54) is 5.69 Å². The van der Waals surface area contributed by atoms with Crippen LogP contribution in [0.15, 0.2) is 24.5 Å². The van der Waals surface area contributed by atoms with Gasteiger partial charge < -0.3 is 0 Å². The molecule has 0 aliphatic carbocycles. The van der Waals surface area contributed by atoms with E-state index in [1.807, 2.05) is 30.2 Å². The third-order valence-corrected chi connectivity index (χ3v) is 1.75. The first-order chi connectivity index (χ1) is 5.27. The largest absolute Gasteiger partial charge is 0.306 e. The van der Waals surface area contributed by atoms with Gasteiger partial charge in [-0.05, 0) is 13.0 Å². The fourth-order valence-corrected chi connectivity index (χ4v) is 1.20. The normalized spacial score (nSPS) is 10.7. The summed E-state index contributed by atoms with van der Waals surface area (Å²) in [6, 6.07) is 6.07. The van der Waals surface area contributed by atoms with Gasteiger partial charge in [-0.2, -0.15) is 0 Å². The molecule has 0 aliphatic heterocycles. The van der Waals surface area contributed by atoms with E-state index in [0.29, 0.717) is 0 Å². The lowest BCUT2D eigenvalue weighted by atomic mass is 10.4. The summed E-state index contributed by atoms with van der Waals surface area (Å²) in [7, 11) is 1.92. The molecule has 2 heterocycles. The van der Waals surface area contributed by atoms with Crippen LogP contribution in [0.3, 0.4) is 0 Å². The highest BCUT2D eigenvalue weighted by molar-refractivity contribution is 5.26. The van der Waals surface area contributed by atoms with Crippen molar-refractivity contribution in [2.24, 2.45) is 7.05 Å². The standard InChI is InChI=1S/C8H10N3/c1-7-4-3-5-8-9-10(2)6-11(7)8/h3-6H,1-2H3/q+1. The molecule has 2 aromatic rings. The molecule has 3 heteroatoms. The zero-order chi connectivity index (χ0) is 7.84. The molecule has 11 heavy (non-hydrogen) atoms. The summed E-state index contributed by atoms with van der Waals surface area (Å²) >= 11 is 0. The molecule has 0 radical (unpaired) electrons. The maximum atomic E-state index is 4.25. The molecule has 0 N–H and O–H groups in total. The molecule has 0 bridgehead atoms. The Morgan fingerprint density at radius 3 is 3.00 bits per heavy atom. The van der Waals surface area contributed by atoms with Crippen LogP contribution in [-0.2, 0) is 7.05 Å². The summed E-state index contributed by atoms with van der Waals surface area (Å²) in [6.45, 7) is 2.06. The van der Waals surface area contributed by atoms with Crippen molar-refractivity contribution in [2.75, 3.05) is 0 Å². The van der Waals surface area contributed by atoms with Crippen molar-refractivity contribution in [3.05, 3.63) is 30.2 Å². The Kier molecular flexibility index (Phi) is 1.18. The first-order valence-electron chi connectivity index (χ1n) is 3.58. The zero-order valence-corrected chi connectivity index (χ0v) is 6.65. The van der Waals surface area contributed by atoms with E-state index in [1.54, 1.807) is 0 Å². The number of fused-ring (bicyclic) bond motifs is 1. The van der Waals surface area contributed by atoms with Gasteiger partial charge in [-0.25, -0.2) is 4.40 Å². The molecule has 0 amide bonds. The van der Waals surface area contributed by atoms with E-state index in [0.717, 1.165) is 5.65 Å². The maximum absolute atomic E-state index is 4.25. The van der Waals surface area contributed by atoms with E-state index in [2.05, 4.69) is 22.5 Å². The molecule has 2 aromatic heterocycles. The minimum atomic E-state index is 0.993. The Morgan fingerprint density at radius 1 is 1.45 bits per heavy atom. The highest BCUT2D eigenvalue weighted by Crippen LogP contribution is 1.93. The second kappa shape index (κ2) is 2.05. The smallest absolute Gasteiger partial charge is 0.201 e. The predicted molar refractivity (Wildman–Crippen MR) is 41.1 cm³/mol. The van der Waals surface area contributed by atoms with Gasteiger partial charge in [-0.1, -0.05) is 6.07 Å². The monoisotopic (exact) mass is 148 g/mol. The number of rotatable bonds is 0. The molecule has 0 spiro atoms. The van der Waals surface area contributed by atoms with Crippen LogP contribution in [0.1, 0.15) is 5.69 Å². The molecule has 2 rings (SSSR count). The van der Waals surface area contributed by atoms with Crippen LogP contribution in [0.25, 0.3) is 5.65 Å². The third-order valence-electron chi connectivity index (χ3n) is 1.75. The second-order valence-electron chi connectivity index (χ2n) is 2.68. The van der Waals surface area contributed by atoms with Gasteiger partial charge in [0.05, 0.1) is 12.7 Å². The summed E-state index contributed by atoms with van der Waals surface area (Å²) in [5.74, 6) is 0. The van der Waals surface area contributed by atoms with E-state index in [9.17, 15) is 0 Å². The van der Waals surface area contributed by atoms with Crippen LogP contribution >= 0.6 is 0 Å². The van der Waals surface area contributed by atoms with Crippen LogP contribution in [0.4, 0.5) is 0 Å². The van der Waals surface area contributed by atoms with Crippen molar-refractivity contribution < 1.29 is 4.40 Å². The minimum absolute atomic E-state index is 0.993. The van der Waals surface area contributed by atoms with Crippen LogP contribution in [0.5, 0.6) is 0 Å². The van der Waals surface area contributed by atoms with Crippen molar-refractivity contribution in [1.82, 2.24) is 9.78 Å². The molecular formula is C8H10N3+. The molecule has 0 fully saturated rings. The van der Waals surface area contributed by atoms with Crippen LogP contribution in [-0.4, -0.2) is 9.78 Å². The molecular weight excluding hydrogens is 138 g/mol. The van der Waals surface area contributed by atoms with Crippen LogP contribution < -0.4 is 4.40 Å². The molecule has 0 unspecified atom stereocenters. The van der Waals surface area contributed by atoms with Crippen molar-refractivity contribution in [1.29, 1.82) is 0 Å². The van der Waals surface area contributed by atoms with Gasteiger partial charge in [-0.3, -0.25) is 0 Å². The van der Waals surface area contributed by atoms with Crippen LogP contribution in [0.2, 0.25) is 0 Å². The lowest BCUT2D eigenvalue weighted by molar-refractivity contribution is -0.520. The average molecular weight is 148 g/mol. The molecule has 0 saturated carbocycles. The van der Waals surface area contributed by atoms with E-state index in [-0.39, 0.29) is 0 Å². The summed E-state index contributed by atoms with van der Waals surface area (Å²) in [6.07, 6.45) is 1.96. The highest BCUT2D eigenvalue weighted by atomic mass is 15.3. The zero-order valence-electron chi connectivity index (χ0n) is 6.65. The quantitative estimate of drug-likeness (QED) is 0.498. The van der Waals surface area contributed by atoms with Gasteiger partial charge in [0.1, 0.15) is 0 Å². The van der Waals surface area contributed by atoms with Gasteiger partial charge >= 0.3 is 5.65 Å². The minimum Gasteiger partial charge on any atom is -0.201 e. The average Bonchev–Trinajstić information content (AvgIpc) is 2.31. The molecule has 0 aromatic carbocycles. The topological polar surface area (TPSA) is 21.9 Å². The SMILES string of the molecule is Cc1cccc2nn(C)c[n+]12. The Hall–Kier alpha value is -1.38. The number of pyridine rings is 1. The number of aromatic nitrogens is 3. The maximum Gasteiger partial charge on any atom is 0.306 e. The molecule has 0 aliphatic rings. The molecule has 3 nitrogen and oxygen atoms in total. The number of hydrogen-bond donors (Lipinski definition) is 0. The Bertz CT molecular complexity index is 389. The molecule has 0 saturated heterocycles. The van der Waals surface area contributed by atoms with Gasteiger partial charge in [-0.15, -0.1) is 4.68 Å². The van der Waals surface area contributed by atoms with Gasteiger partial charge in [0, 0.05) is 11.2 Å².